The Kier molecular flexibility index (Phi) is 10.9. The standard InChI is InChI=1S/C12H23N3O3.C4H11BO2/c1-12(2,3)9(13)10(16)15-7-4-5-14-8(6-7)11(17)18;1-2-3-4-5(6)7/h7-9,14H,4-6,13H2,1-3H3,(H,15,16)(H,17,18);6-7H,2-4H2,1H3. The number of rotatable bonds is 6. The van der Waals surface area contributed by atoms with Crippen molar-refractivity contribution in [2.45, 2.75) is 77.8 Å². The van der Waals surface area contributed by atoms with Gasteiger partial charge in [0.05, 0.1) is 6.04 Å². The molecule has 25 heavy (non-hydrogen) atoms. The molecule has 0 bridgehead atoms. The van der Waals surface area contributed by atoms with Crippen LogP contribution in [0.4, 0.5) is 0 Å². The Morgan fingerprint density at radius 2 is 1.96 bits per heavy atom. The highest BCUT2D eigenvalue weighted by atomic mass is 16.4. The van der Waals surface area contributed by atoms with E-state index in [4.69, 9.17) is 20.9 Å². The van der Waals surface area contributed by atoms with E-state index in [9.17, 15) is 9.59 Å². The normalized spacial score (nSPS) is 21.6. The number of carboxylic acids is 1. The average molecular weight is 359 g/mol. The molecule has 0 saturated carbocycles. The van der Waals surface area contributed by atoms with Crippen LogP contribution in [0.5, 0.6) is 0 Å². The van der Waals surface area contributed by atoms with Crippen molar-refractivity contribution in [1.82, 2.24) is 10.6 Å². The van der Waals surface area contributed by atoms with Gasteiger partial charge in [0, 0.05) is 6.04 Å². The number of hydrogen-bond donors (Lipinski definition) is 6. The van der Waals surface area contributed by atoms with Crippen molar-refractivity contribution in [3.8, 4) is 0 Å². The zero-order valence-corrected chi connectivity index (χ0v) is 15.8. The van der Waals surface area contributed by atoms with Gasteiger partial charge in [0.2, 0.25) is 5.91 Å². The number of hydrogen-bond acceptors (Lipinski definition) is 6. The summed E-state index contributed by atoms with van der Waals surface area (Å²) in [7, 11) is -1.10. The van der Waals surface area contributed by atoms with Crippen molar-refractivity contribution in [3.05, 3.63) is 0 Å². The van der Waals surface area contributed by atoms with E-state index in [-0.39, 0.29) is 17.4 Å². The summed E-state index contributed by atoms with van der Waals surface area (Å²) in [6.07, 6.45) is 3.57. The molecule has 1 fully saturated rings. The highest BCUT2D eigenvalue weighted by molar-refractivity contribution is 6.40. The van der Waals surface area contributed by atoms with Crippen molar-refractivity contribution in [1.29, 1.82) is 0 Å². The minimum absolute atomic E-state index is 0.117. The minimum atomic E-state index is -1.10. The van der Waals surface area contributed by atoms with Crippen LogP contribution in [0.3, 0.4) is 0 Å². The van der Waals surface area contributed by atoms with Gasteiger partial charge in [-0.05, 0) is 31.1 Å². The second kappa shape index (κ2) is 11.5. The third kappa shape index (κ3) is 10.4. The Hall–Kier alpha value is -1.16. The summed E-state index contributed by atoms with van der Waals surface area (Å²) >= 11 is 0. The van der Waals surface area contributed by atoms with Crippen molar-refractivity contribution >= 4 is 19.0 Å². The summed E-state index contributed by atoms with van der Waals surface area (Å²) in [6.45, 7) is 8.31. The minimum Gasteiger partial charge on any atom is -0.480 e. The molecule has 0 aromatic heterocycles. The van der Waals surface area contributed by atoms with E-state index in [1.54, 1.807) is 0 Å². The molecule has 9 heteroatoms. The topological polar surface area (TPSA) is 145 Å². The van der Waals surface area contributed by atoms with Gasteiger partial charge >= 0.3 is 13.1 Å². The summed E-state index contributed by atoms with van der Waals surface area (Å²) in [5.41, 5.74) is 5.56. The van der Waals surface area contributed by atoms with Crippen LogP contribution >= 0.6 is 0 Å². The zero-order chi connectivity index (χ0) is 19.6. The summed E-state index contributed by atoms with van der Waals surface area (Å²) in [5, 5.41) is 31.1. The van der Waals surface area contributed by atoms with Gasteiger partial charge in [-0.15, -0.1) is 0 Å². The number of nitrogens with one attached hydrogen (secondary N) is 2. The number of aliphatic carboxylic acids is 1. The van der Waals surface area contributed by atoms with Crippen molar-refractivity contribution < 1.29 is 24.7 Å². The number of carbonyl (C=O) groups is 2. The average Bonchev–Trinajstić information content (AvgIpc) is 2.52. The third-order valence-corrected chi connectivity index (χ3v) is 4.08. The van der Waals surface area contributed by atoms with Crippen LogP contribution in [0.25, 0.3) is 0 Å². The Morgan fingerprint density at radius 3 is 2.36 bits per heavy atom. The number of unbranched alkanes of at least 4 members (excludes halogenated alkanes) is 1. The lowest BCUT2D eigenvalue weighted by molar-refractivity contribution is -0.140. The van der Waals surface area contributed by atoms with E-state index in [2.05, 4.69) is 10.6 Å². The van der Waals surface area contributed by atoms with E-state index < -0.39 is 25.2 Å². The first-order valence-electron chi connectivity index (χ1n) is 8.87. The fourth-order valence-electron chi connectivity index (χ4n) is 2.31. The second-order valence-corrected chi connectivity index (χ2v) is 7.54. The summed E-state index contributed by atoms with van der Waals surface area (Å²) in [4.78, 5) is 22.8. The molecular weight excluding hydrogens is 325 g/mol. The van der Waals surface area contributed by atoms with Crippen LogP contribution < -0.4 is 16.4 Å². The quantitative estimate of drug-likeness (QED) is 0.364. The lowest BCUT2D eigenvalue weighted by Gasteiger charge is -2.32. The van der Waals surface area contributed by atoms with E-state index >= 15 is 0 Å². The van der Waals surface area contributed by atoms with E-state index in [1.807, 2.05) is 27.7 Å². The molecule has 1 heterocycles. The van der Waals surface area contributed by atoms with Gasteiger partial charge in [-0.2, -0.15) is 0 Å². The Bertz CT molecular complexity index is 415. The van der Waals surface area contributed by atoms with Crippen molar-refractivity contribution in [3.63, 3.8) is 0 Å². The third-order valence-electron chi connectivity index (χ3n) is 4.08. The second-order valence-electron chi connectivity index (χ2n) is 7.54. The van der Waals surface area contributed by atoms with Crippen LogP contribution in [0.15, 0.2) is 0 Å². The number of piperidine rings is 1. The summed E-state index contributed by atoms with van der Waals surface area (Å²) in [5.74, 6) is -1.09. The fraction of sp³-hybridized carbons (Fsp3) is 0.875. The molecule has 0 aliphatic carbocycles. The van der Waals surface area contributed by atoms with E-state index in [1.165, 1.54) is 0 Å². The van der Waals surface area contributed by atoms with E-state index in [0.717, 1.165) is 19.3 Å². The predicted molar refractivity (Wildman–Crippen MR) is 97.9 cm³/mol. The summed E-state index contributed by atoms with van der Waals surface area (Å²) in [6, 6.07) is -1.29. The van der Waals surface area contributed by atoms with Gasteiger partial charge < -0.3 is 31.5 Å². The molecular formula is C16H34BN3O5. The highest BCUT2D eigenvalue weighted by Crippen LogP contribution is 2.18. The smallest absolute Gasteiger partial charge is 0.451 e. The zero-order valence-electron chi connectivity index (χ0n) is 15.8. The van der Waals surface area contributed by atoms with Gasteiger partial charge in [-0.3, -0.25) is 9.59 Å². The molecule has 1 saturated heterocycles. The van der Waals surface area contributed by atoms with Crippen LogP contribution in [-0.4, -0.2) is 58.8 Å². The lowest BCUT2D eigenvalue weighted by Crippen LogP contribution is -2.55. The van der Waals surface area contributed by atoms with Crippen LogP contribution in [0.2, 0.25) is 6.32 Å². The van der Waals surface area contributed by atoms with E-state index in [0.29, 0.717) is 19.3 Å². The molecule has 0 radical (unpaired) electrons. The van der Waals surface area contributed by atoms with Gasteiger partial charge in [0.25, 0.3) is 0 Å². The maximum atomic E-state index is 11.9. The fourth-order valence-corrected chi connectivity index (χ4v) is 2.31. The molecule has 7 N–H and O–H groups in total. The molecule has 1 amide bonds. The predicted octanol–water partition coefficient (Wildman–Crippen LogP) is -0.0595. The molecule has 0 spiro atoms. The van der Waals surface area contributed by atoms with Crippen molar-refractivity contribution in [2.24, 2.45) is 11.1 Å². The number of carboxylic acid groups (broad SMARTS) is 1. The molecule has 3 unspecified atom stereocenters. The first kappa shape index (κ1) is 23.8. The monoisotopic (exact) mass is 359 g/mol. The van der Waals surface area contributed by atoms with Gasteiger partial charge in [-0.1, -0.05) is 40.5 Å². The first-order valence-corrected chi connectivity index (χ1v) is 8.87. The molecule has 1 aliphatic heterocycles. The SMILES string of the molecule is CC(C)(C)C(N)C(=O)NC1CCNC(C(=O)O)C1.CCCCB(O)O. The largest absolute Gasteiger partial charge is 0.480 e. The van der Waals surface area contributed by atoms with Crippen molar-refractivity contribution in [2.75, 3.05) is 6.54 Å². The first-order chi connectivity index (χ1) is 11.5. The molecule has 146 valence electrons. The summed E-state index contributed by atoms with van der Waals surface area (Å²) < 4.78 is 0. The Morgan fingerprint density at radius 1 is 1.36 bits per heavy atom. The maximum absolute atomic E-state index is 11.9. The molecule has 1 aliphatic rings. The molecule has 0 aromatic carbocycles. The van der Waals surface area contributed by atoms with Crippen LogP contribution in [-0.2, 0) is 9.59 Å². The molecule has 8 nitrogen and oxygen atoms in total. The van der Waals surface area contributed by atoms with Crippen LogP contribution in [0, 0.1) is 5.41 Å². The van der Waals surface area contributed by atoms with Gasteiger partial charge in [0.1, 0.15) is 6.04 Å². The van der Waals surface area contributed by atoms with Gasteiger partial charge in [0.15, 0.2) is 0 Å². The number of amides is 1. The Balaban J connectivity index is 0.000000697. The lowest BCUT2D eigenvalue weighted by atomic mass is 9.84. The number of nitrogens with two attached hydrogens (primary N) is 1. The number of carbonyl (C=O) groups excluding carboxylic acids is 1. The molecule has 1 rings (SSSR count). The Labute approximate surface area is 150 Å². The van der Waals surface area contributed by atoms with Gasteiger partial charge in [-0.25, -0.2) is 0 Å². The van der Waals surface area contributed by atoms with Crippen LogP contribution in [0.1, 0.15) is 53.4 Å². The maximum Gasteiger partial charge on any atom is 0.451 e. The molecule has 0 aromatic rings. The highest BCUT2D eigenvalue weighted by Gasteiger charge is 2.32. The molecule has 3 atom stereocenters.